The number of likely N-dealkylation sites (tertiary alicyclic amines) is 1. The van der Waals surface area contributed by atoms with Gasteiger partial charge in [-0.15, -0.1) is 0 Å². The van der Waals surface area contributed by atoms with Gasteiger partial charge in [0.2, 0.25) is 0 Å². The van der Waals surface area contributed by atoms with Gasteiger partial charge < -0.3 is 14.9 Å². The van der Waals surface area contributed by atoms with Crippen LogP contribution in [-0.2, 0) is 6.42 Å². The van der Waals surface area contributed by atoms with Crippen LogP contribution in [0, 0.1) is 0 Å². The van der Waals surface area contributed by atoms with Crippen molar-refractivity contribution in [2.45, 2.75) is 64.5 Å². The molecule has 0 spiro atoms. The number of hydrogen-bond acceptors (Lipinski definition) is 3. The van der Waals surface area contributed by atoms with Crippen LogP contribution in [0.1, 0.15) is 63.2 Å². The number of benzene rings is 1. The third-order valence-electron chi connectivity index (χ3n) is 5.72. The number of fused-ring (bicyclic) bond motifs is 1. The molecule has 3 rings (SSSR count). The van der Waals surface area contributed by atoms with Crippen molar-refractivity contribution < 1.29 is 5.11 Å². The number of hydrogen-bond donors (Lipinski definition) is 1. The Labute approximate surface area is 141 Å². The topological polar surface area (TPSA) is 26.7 Å². The molecule has 2 aliphatic rings. The van der Waals surface area contributed by atoms with Crippen LogP contribution >= 0.6 is 0 Å². The summed E-state index contributed by atoms with van der Waals surface area (Å²) in [6, 6.07) is 7.29. The van der Waals surface area contributed by atoms with Gasteiger partial charge in [-0.1, -0.05) is 18.6 Å². The molecule has 0 saturated carbocycles. The predicted molar refractivity (Wildman–Crippen MR) is 97.1 cm³/mol. The van der Waals surface area contributed by atoms with Crippen LogP contribution in [0.2, 0.25) is 0 Å². The fraction of sp³-hybridized carbons (Fsp3) is 0.700. The minimum absolute atomic E-state index is 0.327. The van der Waals surface area contributed by atoms with Crippen LogP contribution in [-0.4, -0.2) is 42.2 Å². The second-order valence-corrected chi connectivity index (χ2v) is 7.26. The molecule has 1 aromatic carbocycles. The molecule has 0 radical (unpaired) electrons. The first-order valence-electron chi connectivity index (χ1n) is 9.49. The predicted octanol–water partition coefficient (Wildman–Crippen LogP) is 3.76. The van der Waals surface area contributed by atoms with Crippen molar-refractivity contribution in [1.82, 2.24) is 4.90 Å². The Kier molecular flexibility index (Phi) is 5.60. The van der Waals surface area contributed by atoms with Gasteiger partial charge in [0.05, 0.1) is 6.10 Å². The van der Waals surface area contributed by atoms with Gasteiger partial charge >= 0.3 is 0 Å². The number of aryl methyl sites for hydroxylation is 1. The standard InChI is InChI=1S/C20H32N2O/c1-3-21-13-6-8-17-15-18(9-10-19(17)21)20(23)11-14-22-12-5-4-7-16(22)2/h9-10,15-16,20,23H,3-8,11-14H2,1-2H3. The minimum atomic E-state index is -0.327. The van der Waals surface area contributed by atoms with Crippen molar-refractivity contribution in [2.24, 2.45) is 0 Å². The molecular weight excluding hydrogens is 284 g/mol. The Balaban J connectivity index is 1.62. The number of aliphatic hydroxyl groups excluding tert-OH is 1. The summed E-state index contributed by atoms with van der Waals surface area (Å²) >= 11 is 0. The van der Waals surface area contributed by atoms with E-state index in [4.69, 9.17) is 0 Å². The molecule has 0 aliphatic carbocycles. The smallest absolute Gasteiger partial charge is 0.0802 e. The summed E-state index contributed by atoms with van der Waals surface area (Å²) in [5.74, 6) is 0. The van der Waals surface area contributed by atoms with Crippen molar-refractivity contribution in [3.63, 3.8) is 0 Å². The minimum Gasteiger partial charge on any atom is -0.388 e. The van der Waals surface area contributed by atoms with E-state index in [1.54, 1.807) is 0 Å². The monoisotopic (exact) mass is 316 g/mol. The van der Waals surface area contributed by atoms with Crippen LogP contribution in [0.25, 0.3) is 0 Å². The highest BCUT2D eigenvalue weighted by atomic mass is 16.3. The van der Waals surface area contributed by atoms with Gasteiger partial charge in [0.15, 0.2) is 0 Å². The van der Waals surface area contributed by atoms with E-state index in [1.807, 2.05) is 0 Å². The number of aliphatic hydroxyl groups is 1. The second kappa shape index (κ2) is 7.67. The molecule has 3 nitrogen and oxygen atoms in total. The van der Waals surface area contributed by atoms with E-state index in [-0.39, 0.29) is 6.10 Å². The summed E-state index contributed by atoms with van der Waals surface area (Å²) in [6.45, 7) is 8.99. The highest BCUT2D eigenvalue weighted by Gasteiger charge is 2.21. The highest BCUT2D eigenvalue weighted by Crippen LogP contribution is 2.30. The Bertz CT molecular complexity index is 516. The summed E-state index contributed by atoms with van der Waals surface area (Å²) in [6.07, 6.45) is 6.88. The molecule has 3 heteroatoms. The van der Waals surface area contributed by atoms with Gasteiger partial charge in [0.25, 0.3) is 0 Å². The summed E-state index contributed by atoms with van der Waals surface area (Å²) in [4.78, 5) is 4.99. The zero-order valence-electron chi connectivity index (χ0n) is 14.8. The molecule has 0 bridgehead atoms. The first-order valence-corrected chi connectivity index (χ1v) is 9.49. The van der Waals surface area contributed by atoms with E-state index >= 15 is 0 Å². The lowest BCUT2D eigenvalue weighted by Gasteiger charge is -2.34. The number of piperidine rings is 1. The lowest BCUT2D eigenvalue weighted by molar-refractivity contribution is 0.109. The Hall–Kier alpha value is -1.06. The third-order valence-corrected chi connectivity index (χ3v) is 5.72. The van der Waals surface area contributed by atoms with Crippen molar-refractivity contribution >= 4 is 5.69 Å². The molecule has 2 heterocycles. The molecule has 128 valence electrons. The van der Waals surface area contributed by atoms with Crippen molar-refractivity contribution in [2.75, 3.05) is 31.1 Å². The lowest BCUT2D eigenvalue weighted by atomic mass is 9.96. The SMILES string of the molecule is CCN1CCCc2cc(C(O)CCN3CCCCC3C)ccc21. The molecular formula is C20H32N2O. The summed E-state index contributed by atoms with van der Waals surface area (Å²) in [5.41, 5.74) is 3.90. The Morgan fingerprint density at radius 1 is 1.22 bits per heavy atom. The fourth-order valence-corrected chi connectivity index (χ4v) is 4.18. The molecule has 2 unspecified atom stereocenters. The second-order valence-electron chi connectivity index (χ2n) is 7.26. The molecule has 2 aliphatic heterocycles. The normalized spacial score (nSPS) is 23.6. The van der Waals surface area contributed by atoms with E-state index in [0.717, 1.165) is 38.0 Å². The van der Waals surface area contributed by atoms with Crippen LogP contribution in [0.4, 0.5) is 5.69 Å². The zero-order chi connectivity index (χ0) is 16.2. The largest absolute Gasteiger partial charge is 0.388 e. The summed E-state index contributed by atoms with van der Waals surface area (Å²) in [5, 5.41) is 10.6. The van der Waals surface area contributed by atoms with Crippen LogP contribution in [0.5, 0.6) is 0 Å². The first-order chi connectivity index (χ1) is 11.2. The van der Waals surface area contributed by atoms with E-state index < -0.39 is 0 Å². The quantitative estimate of drug-likeness (QED) is 0.896. The number of rotatable bonds is 5. The van der Waals surface area contributed by atoms with Crippen molar-refractivity contribution in [3.8, 4) is 0 Å². The first kappa shape index (κ1) is 16.8. The molecule has 1 N–H and O–H groups in total. The third kappa shape index (κ3) is 3.89. The van der Waals surface area contributed by atoms with Crippen LogP contribution in [0.15, 0.2) is 18.2 Å². The van der Waals surface area contributed by atoms with Gasteiger partial charge in [0, 0.05) is 31.4 Å². The summed E-state index contributed by atoms with van der Waals surface area (Å²) < 4.78 is 0. The highest BCUT2D eigenvalue weighted by molar-refractivity contribution is 5.57. The summed E-state index contributed by atoms with van der Waals surface area (Å²) in [7, 11) is 0. The Morgan fingerprint density at radius 2 is 2.09 bits per heavy atom. The van der Waals surface area contributed by atoms with E-state index in [1.165, 1.54) is 43.5 Å². The molecule has 0 amide bonds. The van der Waals surface area contributed by atoms with Crippen LogP contribution < -0.4 is 4.90 Å². The number of anilines is 1. The van der Waals surface area contributed by atoms with Gasteiger partial charge in [-0.3, -0.25) is 0 Å². The molecule has 2 atom stereocenters. The maximum absolute atomic E-state index is 10.6. The molecule has 1 saturated heterocycles. The average Bonchev–Trinajstić information content (AvgIpc) is 2.59. The maximum atomic E-state index is 10.6. The maximum Gasteiger partial charge on any atom is 0.0802 e. The zero-order valence-corrected chi connectivity index (χ0v) is 14.8. The van der Waals surface area contributed by atoms with E-state index in [0.29, 0.717) is 6.04 Å². The van der Waals surface area contributed by atoms with Gasteiger partial charge in [-0.2, -0.15) is 0 Å². The van der Waals surface area contributed by atoms with Gasteiger partial charge in [0.1, 0.15) is 0 Å². The van der Waals surface area contributed by atoms with Gasteiger partial charge in [-0.25, -0.2) is 0 Å². The lowest BCUT2D eigenvalue weighted by Crippen LogP contribution is -2.38. The molecule has 23 heavy (non-hydrogen) atoms. The molecule has 0 aromatic heterocycles. The fourth-order valence-electron chi connectivity index (χ4n) is 4.18. The number of nitrogens with zero attached hydrogens (tertiary/aromatic N) is 2. The van der Waals surface area contributed by atoms with E-state index in [2.05, 4.69) is 41.8 Å². The molecule has 1 fully saturated rings. The van der Waals surface area contributed by atoms with Gasteiger partial charge in [-0.05, 0) is 69.7 Å². The molecule has 1 aromatic rings. The van der Waals surface area contributed by atoms with E-state index in [9.17, 15) is 5.11 Å². The van der Waals surface area contributed by atoms with Crippen molar-refractivity contribution in [1.29, 1.82) is 0 Å². The van der Waals surface area contributed by atoms with Crippen LogP contribution in [0.3, 0.4) is 0 Å². The average molecular weight is 316 g/mol. The van der Waals surface area contributed by atoms with Crippen molar-refractivity contribution in [3.05, 3.63) is 29.3 Å². The Morgan fingerprint density at radius 3 is 2.87 bits per heavy atom.